The lowest BCUT2D eigenvalue weighted by Gasteiger charge is -2.29. The lowest BCUT2D eigenvalue weighted by atomic mass is 9.79. The summed E-state index contributed by atoms with van der Waals surface area (Å²) in [4.78, 5) is 4.43. The number of hydrogen-bond donors (Lipinski definition) is 1. The predicted molar refractivity (Wildman–Crippen MR) is 66.4 cm³/mol. The van der Waals surface area contributed by atoms with Crippen LogP contribution in [0.3, 0.4) is 0 Å². The van der Waals surface area contributed by atoms with Crippen molar-refractivity contribution >= 4 is 0 Å². The average molecular weight is 234 g/mol. The van der Waals surface area contributed by atoms with E-state index in [2.05, 4.69) is 23.9 Å². The fourth-order valence-electron chi connectivity index (χ4n) is 3.56. The van der Waals surface area contributed by atoms with Crippen molar-refractivity contribution in [1.82, 2.24) is 14.8 Å². The number of rotatable bonds is 4. The summed E-state index contributed by atoms with van der Waals surface area (Å²) in [6, 6.07) is 0.387. The standard InChI is InChI=1S/C13H22N4/c1-9(2)17-12(15-8-16-17)6-13(7-14)4-10-3-11(10)5-13/h8-11H,3-7,14H2,1-2H3. The molecule has 0 aromatic carbocycles. The van der Waals surface area contributed by atoms with Crippen molar-refractivity contribution in [2.75, 3.05) is 6.54 Å². The first-order chi connectivity index (χ1) is 8.13. The maximum Gasteiger partial charge on any atom is 0.138 e. The van der Waals surface area contributed by atoms with Crippen LogP contribution < -0.4 is 5.73 Å². The molecule has 1 heterocycles. The zero-order valence-electron chi connectivity index (χ0n) is 10.8. The van der Waals surface area contributed by atoms with Gasteiger partial charge in [0, 0.05) is 12.5 Å². The van der Waals surface area contributed by atoms with Gasteiger partial charge in [-0.15, -0.1) is 0 Å². The Hall–Kier alpha value is -0.900. The third-order valence-corrected chi connectivity index (χ3v) is 4.56. The summed E-state index contributed by atoms with van der Waals surface area (Å²) in [5.74, 6) is 3.05. The minimum absolute atomic E-state index is 0.313. The molecular formula is C13H22N4. The van der Waals surface area contributed by atoms with Crippen LogP contribution in [0.1, 0.15) is 45.0 Å². The van der Waals surface area contributed by atoms with Crippen molar-refractivity contribution in [2.45, 2.75) is 45.6 Å². The molecule has 1 aromatic heterocycles. The van der Waals surface area contributed by atoms with Crippen molar-refractivity contribution in [3.05, 3.63) is 12.2 Å². The molecule has 2 N–H and O–H groups in total. The number of aromatic nitrogens is 3. The SMILES string of the molecule is CC(C)n1ncnc1CC1(CN)CC2CC2C1. The molecule has 0 amide bonds. The van der Waals surface area contributed by atoms with Crippen LogP contribution in [-0.4, -0.2) is 21.3 Å². The van der Waals surface area contributed by atoms with Gasteiger partial charge in [0.1, 0.15) is 12.2 Å². The second kappa shape index (κ2) is 3.80. The fraction of sp³-hybridized carbons (Fsp3) is 0.846. The van der Waals surface area contributed by atoms with Crippen LogP contribution in [0.2, 0.25) is 0 Å². The van der Waals surface area contributed by atoms with Crippen molar-refractivity contribution in [3.63, 3.8) is 0 Å². The van der Waals surface area contributed by atoms with Gasteiger partial charge >= 0.3 is 0 Å². The molecule has 4 nitrogen and oxygen atoms in total. The van der Waals surface area contributed by atoms with E-state index in [-0.39, 0.29) is 0 Å². The molecule has 2 saturated carbocycles. The molecule has 0 spiro atoms. The normalized spacial score (nSPS) is 35.3. The topological polar surface area (TPSA) is 56.7 Å². The van der Waals surface area contributed by atoms with Gasteiger partial charge in [0.25, 0.3) is 0 Å². The van der Waals surface area contributed by atoms with Gasteiger partial charge in [-0.25, -0.2) is 9.67 Å². The predicted octanol–water partition coefficient (Wildman–Crippen LogP) is 1.78. The van der Waals surface area contributed by atoms with E-state index in [0.717, 1.165) is 30.6 Å². The first-order valence-electron chi connectivity index (χ1n) is 6.72. The van der Waals surface area contributed by atoms with Gasteiger partial charge in [-0.3, -0.25) is 0 Å². The highest BCUT2D eigenvalue weighted by molar-refractivity contribution is 5.07. The minimum Gasteiger partial charge on any atom is -0.330 e. The summed E-state index contributed by atoms with van der Waals surface area (Å²) in [6.45, 7) is 5.10. The molecule has 2 aliphatic rings. The molecule has 17 heavy (non-hydrogen) atoms. The Labute approximate surface area is 103 Å². The van der Waals surface area contributed by atoms with Crippen LogP contribution in [0.25, 0.3) is 0 Å². The molecule has 2 aliphatic carbocycles. The number of hydrogen-bond acceptors (Lipinski definition) is 3. The highest BCUT2D eigenvalue weighted by Crippen LogP contribution is 2.60. The smallest absolute Gasteiger partial charge is 0.138 e. The molecule has 0 radical (unpaired) electrons. The third-order valence-electron chi connectivity index (χ3n) is 4.56. The third kappa shape index (κ3) is 1.88. The first kappa shape index (κ1) is 11.2. The maximum absolute atomic E-state index is 6.04. The summed E-state index contributed by atoms with van der Waals surface area (Å²) < 4.78 is 2.04. The summed E-state index contributed by atoms with van der Waals surface area (Å²) in [7, 11) is 0. The fourth-order valence-corrected chi connectivity index (χ4v) is 3.56. The molecular weight excluding hydrogens is 212 g/mol. The molecule has 4 heteroatoms. The van der Waals surface area contributed by atoms with Gasteiger partial charge in [-0.05, 0) is 56.9 Å². The van der Waals surface area contributed by atoms with Crippen LogP contribution in [0.5, 0.6) is 0 Å². The van der Waals surface area contributed by atoms with Gasteiger partial charge < -0.3 is 5.73 Å². The van der Waals surface area contributed by atoms with Crippen LogP contribution >= 0.6 is 0 Å². The van der Waals surface area contributed by atoms with Crippen molar-refractivity contribution in [2.24, 2.45) is 23.0 Å². The largest absolute Gasteiger partial charge is 0.330 e. The molecule has 0 bridgehead atoms. The molecule has 2 atom stereocenters. The van der Waals surface area contributed by atoms with Gasteiger partial charge in [-0.1, -0.05) is 0 Å². The van der Waals surface area contributed by atoms with Crippen LogP contribution in [0, 0.1) is 17.3 Å². The van der Waals surface area contributed by atoms with E-state index in [0.29, 0.717) is 11.5 Å². The first-order valence-corrected chi connectivity index (χ1v) is 6.72. The Morgan fingerprint density at radius 3 is 2.76 bits per heavy atom. The van der Waals surface area contributed by atoms with Crippen molar-refractivity contribution in [1.29, 1.82) is 0 Å². The summed E-state index contributed by atoms with van der Waals surface area (Å²) in [5.41, 5.74) is 6.35. The second-order valence-electron chi connectivity index (χ2n) is 6.26. The van der Waals surface area contributed by atoms with E-state index in [1.807, 2.05) is 4.68 Å². The Morgan fingerprint density at radius 1 is 1.47 bits per heavy atom. The van der Waals surface area contributed by atoms with Crippen LogP contribution in [0.4, 0.5) is 0 Å². The average Bonchev–Trinajstić information content (AvgIpc) is 2.76. The Kier molecular flexibility index (Phi) is 2.51. The number of nitrogens with zero attached hydrogens (tertiary/aromatic N) is 3. The molecule has 1 aromatic rings. The molecule has 0 aliphatic heterocycles. The lowest BCUT2D eigenvalue weighted by molar-refractivity contribution is 0.260. The highest BCUT2D eigenvalue weighted by Gasteiger charge is 2.53. The maximum atomic E-state index is 6.04. The Balaban J connectivity index is 1.78. The van der Waals surface area contributed by atoms with E-state index in [4.69, 9.17) is 5.73 Å². The molecule has 2 unspecified atom stereocenters. The quantitative estimate of drug-likeness (QED) is 0.864. The van der Waals surface area contributed by atoms with Gasteiger partial charge in [-0.2, -0.15) is 5.10 Å². The Bertz CT molecular complexity index is 399. The monoisotopic (exact) mass is 234 g/mol. The highest BCUT2D eigenvalue weighted by atomic mass is 15.3. The molecule has 0 saturated heterocycles. The second-order valence-corrected chi connectivity index (χ2v) is 6.26. The zero-order valence-corrected chi connectivity index (χ0v) is 10.8. The number of fused-ring (bicyclic) bond motifs is 1. The van der Waals surface area contributed by atoms with Crippen LogP contribution in [0.15, 0.2) is 6.33 Å². The summed E-state index contributed by atoms with van der Waals surface area (Å²) >= 11 is 0. The minimum atomic E-state index is 0.313. The van der Waals surface area contributed by atoms with E-state index in [1.54, 1.807) is 6.33 Å². The molecule has 94 valence electrons. The van der Waals surface area contributed by atoms with Crippen molar-refractivity contribution < 1.29 is 0 Å². The van der Waals surface area contributed by atoms with E-state index in [1.165, 1.54) is 19.3 Å². The van der Waals surface area contributed by atoms with Gasteiger partial charge in [0.05, 0.1) is 0 Å². The summed E-state index contributed by atoms with van der Waals surface area (Å²) in [6.07, 6.45) is 6.74. The molecule has 3 rings (SSSR count). The van der Waals surface area contributed by atoms with Crippen LogP contribution in [-0.2, 0) is 6.42 Å². The number of nitrogens with two attached hydrogens (primary N) is 1. The lowest BCUT2D eigenvalue weighted by Crippen LogP contribution is -2.32. The van der Waals surface area contributed by atoms with Gasteiger partial charge in [0.2, 0.25) is 0 Å². The van der Waals surface area contributed by atoms with E-state index >= 15 is 0 Å². The van der Waals surface area contributed by atoms with E-state index < -0.39 is 0 Å². The Morgan fingerprint density at radius 2 is 2.18 bits per heavy atom. The van der Waals surface area contributed by atoms with Gasteiger partial charge in [0.15, 0.2) is 0 Å². The summed E-state index contributed by atoms with van der Waals surface area (Å²) in [5, 5.41) is 4.32. The zero-order chi connectivity index (χ0) is 12.0. The van der Waals surface area contributed by atoms with E-state index in [9.17, 15) is 0 Å². The molecule has 2 fully saturated rings. The van der Waals surface area contributed by atoms with Crippen molar-refractivity contribution in [3.8, 4) is 0 Å².